The van der Waals surface area contributed by atoms with Gasteiger partial charge in [-0.2, -0.15) is 5.10 Å². The molecular weight excluding hydrogens is 194 g/mol. The Kier molecular flexibility index (Phi) is 3.16. The second-order valence-corrected chi connectivity index (χ2v) is 2.78. The molecule has 0 fully saturated rings. The highest BCUT2D eigenvalue weighted by molar-refractivity contribution is 5.71. The van der Waals surface area contributed by atoms with Crippen LogP contribution in [-0.2, 0) is 4.79 Å². The monoisotopic (exact) mass is 204 g/mol. The summed E-state index contributed by atoms with van der Waals surface area (Å²) >= 11 is 0. The maximum Gasteiger partial charge on any atom is 0.328 e. The Bertz CT molecular complexity index is 325. The van der Waals surface area contributed by atoms with Crippen LogP contribution >= 0.6 is 0 Å². The lowest BCUT2D eigenvalue weighted by Crippen LogP contribution is -2.18. The van der Waals surface area contributed by atoms with Crippen molar-refractivity contribution in [2.75, 3.05) is 0 Å². The minimum Gasteiger partial charge on any atom is -0.480 e. The Balaban J connectivity index is 2.89. The van der Waals surface area contributed by atoms with Gasteiger partial charge in [0, 0.05) is 6.20 Å². The Hall–Kier alpha value is -1.46. The number of carboxylic acids is 1. The molecule has 14 heavy (non-hydrogen) atoms. The summed E-state index contributed by atoms with van der Waals surface area (Å²) in [6.45, 7) is 1.66. The van der Waals surface area contributed by atoms with Crippen molar-refractivity contribution >= 4 is 5.97 Å². The molecular formula is C8H10F2N2O2. The zero-order chi connectivity index (χ0) is 10.7. The topological polar surface area (TPSA) is 55.1 Å². The van der Waals surface area contributed by atoms with Gasteiger partial charge in [0.2, 0.25) is 0 Å². The summed E-state index contributed by atoms with van der Waals surface area (Å²) in [6, 6.07) is 0.249. The SMILES string of the molecule is CCC(C(=O)O)n1ccc(C(F)F)n1. The van der Waals surface area contributed by atoms with Crippen molar-refractivity contribution in [2.45, 2.75) is 25.8 Å². The first-order chi connectivity index (χ1) is 6.56. The fourth-order valence-corrected chi connectivity index (χ4v) is 1.12. The number of hydrogen-bond donors (Lipinski definition) is 1. The van der Waals surface area contributed by atoms with Crippen LogP contribution in [0.1, 0.15) is 31.5 Å². The van der Waals surface area contributed by atoms with E-state index in [-0.39, 0.29) is 0 Å². The fourth-order valence-electron chi connectivity index (χ4n) is 1.12. The highest BCUT2D eigenvalue weighted by atomic mass is 19.3. The number of hydrogen-bond acceptors (Lipinski definition) is 2. The molecule has 1 unspecified atom stereocenters. The molecule has 0 saturated heterocycles. The molecule has 1 aromatic rings. The van der Waals surface area contributed by atoms with Gasteiger partial charge in [-0.05, 0) is 12.5 Å². The van der Waals surface area contributed by atoms with Crippen LogP contribution < -0.4 is 0 Å². The molecule has 1 heterocycles. The molecule has 0 bridgehead atoms. The molecule has 0 amide bonds. The highest BCUT2D eigenvalue weighted by Gasteiger charge is 2.20. The zero-order valence-corrected chi connectivity index (χ0v) is 7.52. The molecule has 0 saturated carbocycles. The predicted molar refractivity (Wildman–Crippen MR) is 44.1 cm³/mol. The summed E-state index contributed by atoms with van der Waals surface area (Å²) in [4.78, 5) is 10.7. The molecule has 1 atom stereocenters. The van der Waals surface area contributed by atoms with Crippen LogP contribution in [0.2, 0.25) is 0 Å². The van der Waals surface area contributed by atoms with Gasteiger partial charge in [0.05, 0.1) is 0 Å². The normalized spacial score (nSPS) is 13.1. The molecule has 0 aliphatic rings. The van der Waals surface area contributed by atoms with Crippen LogP contribution in [0.25, 0.3) is 0 Å². The second-order valence-electron chi connectivity index (χ2n) is 2.78. The Morgan fingerprint density at radius 1 is 1.71 bits per heavy atom. The van der Waals surface area contributed by atoms with E-state index in [1.807, 2.05) is 0 Å². The lowest BCUT2D eigenvalue weighted by molar-refractivity contribution is -0.141. The molecule has 0 radical (unpaired) electrons. The molecule has 1 N–H and O–H groups in total. The largest absolute Gasteiger partial charge is 0.480 e. The number of rotatable bonds is 4. The summed E-state index contributed by atoms with van der Waals surface area (Å²) in [7, 11) is 0. The summed E-state index contributed by atoms with van der Waals surface area (Å²) in [5, 5.41) is 12.2. The van der Waals surface area contributed by atoms with E-state index in [1.165, 1.54) is 6.20 Å². The smallest absolute Gasteiger partial charge is 0.328 e. The molecule has 1 aromatic heterocycles. The summed E-state index contributed by atoms with van der Waals surface area (Å²) in [5.41, 5.74) is -0.398. The predicted octanol–water partition coefficient (Wildman–Crippen LogP) is 1.86. The Morgan fingerprint density at radius 2 is 2.36 bits per heavy atom. The van der Waals surface area contributed by atoms with Crippen molar-refractivity contribution in [2.24, 2.45) is 0 Å². The van der Waals surface area contributed by atoms with Gasteiger partial charge in [-0.1, -0.05) is 6.92 Å². The van der Waals surface area contributed by atoms with E-state index in [0.717, 1.165) is 10.7 Å². The number of nitrogens with zero attached hydrogens (tertiary/aromatic N) is 2. The van der Waals surface area contributed by atoms with Gasteiger partial charge >= 0.3 is 5.97 Å². The molecule has 0 aromatic carbocycles. The first-order valence-electron chi connectivity index (χ1n) is 4.12. The average molecular weight is 204 g/mol. The van der Waals surface area contributed by atoms with E-state index in [9.17, 15) is 13.6 Å². The molecule has 78 valence electrons. The van der Waals surface area contributed by atoms with Crippen molar-refractivity contribution in [1.82, 2.24) is 9.78 Å². The lowest BCUT2D eigenvalue weighted by Gasteiger charge is -2.09. The fraction of sp³-hybridized carbons (Fsp3) is 0.500. The van der Waals surface area contributed by atoms with E-state index < -0.39 is 24.1 Å². The highest BCUT2D eigenvalue weighted by Crippen LogP contribution is 2.18. The number of carbonyl (C=O) groups is 1. The van der Waals surface area contributed by atoms with Gasteiger partial charge in [0.1, 0.15) is 11.7 Å². The molecule has 0 spiro atoms. The third kappa shape index (κ3) is 2.07. The number of halogens is 2. The van der Waals surface area contributed by atoms with Crippen LogP contribution in [0.4, 0.5) is 8.78 Å². The first-order valence-corrected chi connectivity index (χ1v) is 4.12. The van der Waals surface area contributed by atoms with Gasteiger partial charge in [-0.25, -0.2) is 13.6 Å². The van der Waals surface area contributed by atoms with E-state index in [4.69, 9.17) is 5.11 Å². The van der Waals surface area contributed by atoms with Crippen LogP contribution in [0.5, 0.6) is 0 Å². The van der Waals surface area contributed by atoms with Gasteiger partial charge in [-0.15, -0.1) is 0 Å². The Morgan fingerprint density at radius 3 is 2.71 bits per heavy atom. The zero-order valence-electron chi connectivity index (χ0n) is 7.52. The molecule has 1 rings (SSSR count). The maximum absolute atomic E-state index is 12.1. The minimum atomic E-state index is -2.66. The maximum atomic E-state index is 12.1. The molecule has 6 heteroatoms. The van der Waals surface area contributed by atoms with Crippen molar-refractivity contribution in [3.63, 3.8) is 0 Å². The van der Waals surface area contributed by atoms with E-state index in [0.29, 0.717) is 6.42 Å². The molecule has 4 nitrogen and oxygen atoms in total. The van der Waals surface area contributed by atoms with Crippen LogP contribution in [-0.4, -0.2) is 20.9 Å². The summed E-state index contributed by atoms with van der Waals surface area (Å²) in [6.07, 6.45) is -1.11. The molecule has 0 aliphatic heterocycles. The number of aliphatic carboxylic acids is 1. The molecule has 0 aliphatic carbocycles. The lowest BCUT2D eigenvalue weighted by atomic mass is 10.2. The standard InChI is InChI=1S/C8H10F2N2O2/c1-2-6(8(13)14)12-4-3-5(11-12)7(9)10/h3-4,6-7H,2H2,1H3,(H,13,14). The van der Waals surface area contributed by atoms with E-state index in [1.54, 1.807) is 6.92 Å². The van der Waals surface area contributed by atoms with Gasteiger partial charge < -0.3 is 5.11 Å². The van der Waals surface area contributed by atoms with Gasteiger partial charge in [0.15, 0.2) is 0 Å². The summed E-state index contributed by atoms with van der Waals surface area (Å²) < 4.78 is 25.3. The number of carboxylic acid groups (broad SMARTS) is 1. The van der Waals surface area contributed by atoms with Gasteiger partial charge in [-0.3, -0.25) is 4.68 Å². The second kappa shape index (κ2) is 4.17. The van der Waals surface area contributed by atoms with Crippen molar-refractivity contribution < 1.29 is 18.7 Å². The van der Waals surface area contributed by atoms with Crippen LogP contribution in [0.3, 0.4) is 0 Å². The van der Waals surface area contributed by atoms with Crippen molar-refractivity contribution in [3.8, 4) is 0 Å². The third-order valence-corrected chi connectivity index (χ3v) is 1.84. The van der Waals surface area contributed by atoms with Gasteiger partial charge in [0.25, 0.3) is 6.43 Å². The van der Waals surface area contributed by atoms with E-state index >= 15 is 0 Å². The van der Waals surface area contributed by atoms with Crippen molar-refractivity contribution in [3.05, 3.63) is 18.0 Å². The first kappa shape index (κ1) is 10.6. The Labute approximate surface area is 79.2 Å². The quantitative estimate of drug-likeness (QED) is 0.814. The van der Waals surface area contributed by atoms with Crippen LogP contribution in [0, 0.1) is 0 Å². The minimum absolute atomic E-state index is 0.305. The third-order valence-electron chi connectivity index (χ3n) is 1.84. The number of aromatic nitrogens is 2. The summed E-state index contributed by atoms with van der Waals surface area (Å²) in [5.74, 6) is -1.07. The van der Waals surface area contributed by atoms with Crippen molar-refractivity contribution in [1.29, 1.82) is 0 Å². The number of alkyl halides is 2. The van der Waals surface area contributed by atoms with E-state index in [2.05, 4.69) is 5.10 Å². The van der Waals surface area contributed by atoms with Crippen LogP contribution in [0.15, 0.2) is 12.3 Å². The average Bonchev–Trinajstić information content (AvgIpc) is 2.53.